The number of oxazole rings is 1. The Morgan fingerprint density at radius 1 is 1.16 bits per heavy atom. The Hall–Kier alpha value is -3.61. The molecule has 0 saturated heterocycles. The molecular weight excluding hydrogens is 394 g/mol. The molecule has 4 rings (SSSR count). The van der Waals surface area contributed by atoms with Crippen molar-refractivity contribution < 1.29 is 23.7 Å². The minimum absolute atomic E-state index is 0.433. The Labute approximate surface area is 180 Å². The molecule has 0 aliphatic carbocycles. The largest absolute Gasteiger partial charge is 0.475 e. The van der Waals surface area contributed by atoms with Crippen LogP contribution in [0.4, 0.5) is 0 Å². The van der Waals surface area contributed by atoms with Crippen LogP contribution in [0, 0.1) is 6.92 Å². The predicted molar refractivity (Wildman–Crippen MR) is 116 cm³/mol. The van der Waals surface area contributed by atoms with E-state index < -0.39 is 11.6 Å². The maximum Gasteiger partial charge on any atom is 0.379 e. The van der Waals surface area contributed by atoms with Gasteiger partial charge in [-0.3, -0.25) is 4.68 Å². The third kappa shape index (κ3) is 4.17. The number of carbonyl (C=O) groups is 1. The third-order valence-corrected chi connectivity index (χ3v) is 5.24. The number of fused-ring (bicyclic) bond motifs is 1. The highest BCUT2D eigenvalue weighted by Gasteiger charge is 2.31. The van der Waals surface area contributed by atoms with E-state index in [0.29, 0.717) is 12.3 Å². The highest BCUT2D eigenvalue weighted by atomic mass is 16.6. The second-order valence-corrected chi connectivity index (χ2v) is 7.87. The van der Waals surface area contributed by atoms with Gasteiger partial charge in [0.05, 0.1) is 42.7 Å². The van der Waals surface area contributed by atoms with Gasteiger partial charge < -0.3 is 13.9 Å². The van der Waals surface area contributed by atoms with Crippen LogP contribution in [0.15, 0.2) is 59.1 Å². The number of rotatable bonds is 7. The Balaban J connectivity index is 1.54. The van der Waals surface area contributed by atoms with Crippen LogP contribution in [0.25, 0.3) is 22.4 Å². The minimum Gasteiger partial charge on any atom is -0.475 e. The number of aromatic amines is 1. The summed E-state index contributed by atoms with van der Waals surface area (Å²) in [6.07, 6.45) is 2.50. The number of esters is 1. The van der Waals surface area contributed by atoms with Crippen LogP contribution in [-0.2, 0) is 22.5 Å². The first-order chi connectivity index (χ1) is 14.9. The molecule has 0 amide bonds. The van der Waals surface area contributed by atoms with Crippen molar-refractivity contribution in [2.75, 3.05) is 7.11 Å². The van der Waals surface area contributed by atoms with Crippen molar-refractivity contribution >= 4 is 16.9 Å². The third-order valence-electron chi connectivity index (χ3n) is 5.24. The Morgan fingerprint density at radius 2 is 1.94 bits per heavy atom. The number of H-pyrrole nitrogens is 1. The Morgan fingerprint density at radius 3 is 2.68 bits per heavy atom. The molecule has 31 heavy (non-hydrogen) atoms. The van der Waals surface area contributed by atoms with Crippen molar-refractivity contribution in [2.24, 2.45) is 0 Å². The van der Waals surface area contributed by atoms with Crippen molar-refractivity contribution in [1.29, 1.82) is 0 Å². The van der Waals surface area contributed by atoms with Crippen molar-refractivity contribution in [2.45, 2.75) is 39.3 Å². The van der Waals surface area contributed by atoms with Crippen LogP contribution < -0.4 is 9.72 Å². The highest BCUT2D eigenvalue weighted by molar-refractivity contribution is 5.86. The first-order valence-corrected chi connectivity index (χ1v) is 10.2. The molecule has 2 aromatic heterocycles. The summed E-state index contributed by atoms with van der Waals surface area (Å²) in [5, 5.41) is 5.38. The summed E-state index contributed by atoms with van der Waals surface area (Å²) in [5.41, 5.74) is 1.88. The first kappa shape index (κ1) is 20.7. The van der Waals surface area contributed by atoms with Gasteiger partial charge >= 0.3 is 11.9 Å². The number of aryl methyl sites for hydroxylation is 3. The molecule has 0 aliphatic rings. The lowest BCUT2D eigenvalue weighted by atomic mass is 10.1. The van der Waals surface area contributed by atoms with Gasteiger partial charge in [-0.05, 0) is 38.1 Å². The fourth-order valence-electron chi connectivity index (χ4n) is 3.55. The second-order valence-electron chi connectivity index (χ2n) is 7.87. The molecule has 2 aromatic carbocycles. The lowest BCUT2D eigenvalue weighted by Gasteiger charge is -2.23. The van der Waals surface area contributed by atoms with E-state index in [1.807, 2.05) is 60.1 Å². The summed E-state index contributed by atoms with van der Waals surface area (Å²) < 4.78 is 18.6. The van der Waals surface area contributed by atoms with Gasteiger partial charge in [-0.25, -0.2) is 4.79 Å². The summed E-state index contributed by atoms with van der Waals surface area (Å²) in [7, 11) is 1.35. The molecule has 1 N–H and O–H groups in total. The van der Waals surface area contributed by atoms with Gasteiger partial charge in [0.25, 0.3) is 0 Å². The van der Waals surface area contributed by atoms with Crippen molar-refractivity contribution in [1.82, 2.24) is 9.78 Å². The van der Waals surface area contributed by atoms with Crippen LogP contribution in [0.5, 0.6) is 5.75 Å². The number of nitrogens with one attached hydrogen (secondary N) is 1. The van der Waals surface area contributed by atoms with Crippen LogP contribution in [0.3, 0.4) is 0 Å². The van der Waals surface area contributed by atoms with Crippen molar-refractivity contribution in [3.05, 3.63) is 66.2 Å². The fraction of sp³-hybridized carbons (Fsp3) is 0.292. The number of carbonyl (C=O) groups excluding carboxylic acids is 1. The zero-order chi connectivity index (χ0) is 22.0. The normalized spacial score (nSPS) is 11.6. The maximum atomic E-state index is 12.0. The molecule has 7 heteroatoms. The van der Waals surface area contributed by atoms with Crippen LogP contribution in [0.2, 0.25) is 0 Å². The van der Waals surface area contributed by atoms with Crippen LogP contribution >= 0.6 is 0 Å². The van der Waals surface area contributed by atoms with Gasteiger partial charge in [-0.2, -0.15) is 10.1 Å². The van der Waals surface area contributed by atoms with Crippen LogP contribution in [0.1, 0.15) is 25.3 Å². The molecule has 0 fully saturated rings. The van der Waals surface area contributed by atoms with E-state index in [2.05, 4.69) is 10.1 Å². The number of nitrogens with zero attached hydrogens (tertiary/aromatic N) is 2. The van der Waals surface area contributed by atoms with Gasteiger partial charge in [-0.15, -0.1) is 0 Å². The van der Waals surface area contributed by atoms with E-state index in [9.17, 15) is 4.79 Å². The number of hydrogen-bond donors (Lipinski definition) is 0. The maximum absolute atomic E-state index is 12.0. The van der Waals surface area contributed by atoms with E-state index >= 15 is 0 Å². The average Bonchev–Trinajstić information content (AvgIpc) is 3.36. The van der Waals surface area contributed by atoms with E-state index in [1.165, 1.54) is 7.11 Å². The number of methoxy groups -OCH3 is 1. The fourth-order valence-corrected chi connectivity index (χ4v) is 3.55. The zero-order valence-electron chi connectivity index (χ0n) is 18.1. The first-order valence-electron chi connectivity index (χ1n) is 10.2. The molecule has 0 radical (unpaired) electrons. The zero-order valence-corrected chi connectivity index (χ0v) is 18.1. The smallest absolute Gasteiger partial charge is 0.379 e. The molecule has 0 aliphatic heterocycles. The van der Waals surface area contributed by atoms with E-state index in [1.54, 1.807) is 20.0 Å². The molecule has 0 atom stereocenters. The summed E-state index contributed by atoms with van der Waals surface area (Å²) in [6, 6.07) is 15.7. The van der Waals surface area contributed by atoms with Gasteiger partial charge in [0.15, 0.2) is 11.4 Å². The minimum atomic E-state index is -1.10. The Kier molecular flexibility index (Phi) is 5.50. The summed E-state index contributed by atoms with van der Waals surface area (Å²) in [4.78, 5) is 15.4. The van der Waals surface area contributed by atoms with Crippen LogP contribution in [-0.4, -0.2) is 28.5 Å². The highest BCUT2D eigenvalue weighted by Crippen LogP contribution is 2.29. The van der Waals surface area contributed by atoms with Crippen molar-refractivity contribution in [3.8, 4) is 17.2 Å². The van der Waals surface area contributed by atoms with E-state index in [4.69, 9.17) is 13.9 Å². The quantitative estimate of drug-likeness (QED) is 0.422. The van der Waals surface area contributed by atoms with Gasteiger partial charge in [-0.1, -0.05) is 24.3 Å². The SMILES string of the molecule is COC(=O)C(C)(C)Oc1cccc2c1cnn2CCc1[nH+]c(-c2ccccc2)oc1C. The summed E-state index contributed by atoms with van der Waals surface area (Å²) in [6.45, 7) is 5.99. The van der Waals surface area contributed by atoms with Gasteiger partial charge in [0.1, 0.15) is 5.75 Å². The Bertz CT molecular complexity index is 1210. The number of hydrogen-bond acceptors (Lipinski definition) is 5. The summed E-state index contributed by atoms with van der Waals surface area (Å²) in [5.74, 6) is 1.77. The van der Waals surface area contributed by atoms with Gasteiger partial charge in [0.2, 0.25) is 5.69 Å². The monoisotopic (exact) mass is 420 g/mol. The van der Waals surface area contributed by atoms with Gasteiger partial charge in [0, 0.05) is 6.92 Å². The van der Waals surface area contributed by atoms with Crippen molar-refractivity contribution in [3.63, 3.8) is 0 Å². The van der Waals surface area contributed by atoms with E-state index in [0.717, 1.165) is 40.2 Å². The lowest BCUT2D eigenvalue weighted by Crippen LogP contribution is -2.39. The average molecular weight is 420 g/mol. The standard InChI is InChI=1S/C24H25N3O4/c1-16-19(26-22(30-16)17-9-6-5-7-10-17)13-14-27-20-11-8-12-21(18(20)15-25-27)31-24(2,3)23(28)29-4/h5-12,15H,13-14H2,1-4H3/p+1. The molecule has 0 saturated carbocycles. The second kappa shape index (κ2) is 8.26. The molecular formula is C24H26N3O4+. The topological polar surface area (TPSA) is 80.6 Å². The predicted octanol–water partition coefficient (Wildman–Crippen LogP) is 3.99. The molecule has 0 unspecified atom stereocenters. The molecule has 0 spiro atoms. The molecule has 0 bridgehead atoms. The lowest BCUT2D eigenvalue weighted by molar-refractivity contribution is -0.380. The molecule has 160 valence electrons. The molecule has 4 aromatic rings. The number of ether oxygens (including phenoxy) is 2. The summed E-state index contributed by atoms with van der Waals surface area (Å²) >= 11 is 0. The molecule has 2 heterocycles. The molecule has 7 nitrogen and oxygen atoms in total. The van der Waals surface area contributed by atoms with E-state index in [-0.39, 0.29) is 0 Å². The number of benzene rings is 2. The number of aromatic nitrogens is 3.